The molecule has 0 radical (unpaired) electrons. The summed E-state index contributed by atoms with van der Waals surface area (Å²) in [4.78, 5) is 4.10. The fourth-order valence-corrected chi connectivity index (χ4v) is 1.46. The number of halogens is 1. The van der Waals surface area contributed by atoms with Crippen LogP contribution in [0, 0.1) is 18.3 Å². The van der Waals surface area contributed by atoms with Crippen LogP contribution in [0.15, 0.2) is 18.5 Å². The van der Waals surface area contributed by atoms with Gasteiger partial charge in [-0.2, -0.15) is 5.26 Å². The average Bonchev–Trinajstić information content (AvgIpc) is 2.59. The summed E-state index contributed by atoms with van der Waals surface area (Å²) in [6.07, 6.45) is 3.14. The molecule has 16 heavy (non-hydrogen) atoms. The Morgan fingerprint density at radius 2 is 2.31 bits per heavy atom. The molecule has 2 aromatic heterocycles. The molecule has 0 spiro atoms. The zero-order valence-electron chi connectivity index (χ0n) is 8.48. The van der Waals surface area contributed by atoms with E-state index in [1.807, 2.05) is 6.92 Å². The molecule has 80 valence electrons. The first kappa shape index (κ1) is 10.5. The van der Waals surface area contributed by atoms with E-state index in [0.29, 0.717) is 16.4 Å². The zero-order chi connectivity index (χ0) is 11.7. The molecule has 2 rings (SSSR count). The molecule has 5 nitrogen and oxygen atoms in total. The number of hydrogen-bond acceptors (Lipinski definition) is 4. The van der Waals surface area contributed by atoms with Crippen molar-refractivity contribution >= 4 is 17.4 Å². The minimum atomic E-state index is 0.217. The summed E-state index contributed by atoms with van der Waals surface area (Å²) < 4.78 is 1.41. The standard InChI is InChI=1S/C10H8ClN5/c1-6-2-3-14-10(7(6)4-12)16-5-8(11)9(13)15-16/h2-3,5H,1H3,(H2,13,15). The van der Waals surface area contributed by atoms with Crippen molar-refractivity contribution in [2.75, 3.05) is 5.73 Å². The summed E-state index contributed by atoms with van der Waals surface area (Å²) in [5.74, 6) is 0.648. The molecular weight excluding hydrogens is 226 g/mol. The number of nitriles is 1. The number of anilines is 1. The topological polar surface area (TPSA) is 80.5 Å². The Kier molecular flexibility index (Phi) is 2.50. The van der Waals surface area contributed by atoms with Crippen LogP contribution in [0.5, 0.6) is 0 Å². The van der Waals surface area contributed by atoms with Crippen LogP contribution in [0.2, 0.25) is 5.02 Å². The Balaban J connectivity index is 2.65. The second kappa shape index (κ2) is 3.83. The lowest BCUT2D eigenvalue weighted by molar-refractivity contribution is 0.845. The predicted molar refractivity (Wildman–Crippen MR) is 60.2 cm³/mol. The predicted octanol–water partition coefficient (Wildman–Crippen LogP) is 1.68. The third-order valence-electron chi connectivity index (χ3n) is 2.16. The highest BCUT2D eigenvalue weighted by Gasteiger charge is 2.11. The Bertz CT molecular complexity index is 562. The molecule has 0 saturated heterocycles. The molecule has 0 aromatic carbocycles. The van der Waals surface area contributed by atoms with Crippen LogP contribution >= 0.6 is 11.6 Å². The molecule has 0 unspecified atom stereocenters. The van der Waals surface area contributed by atoms with Crippen molar-refractivity contribution < 1.29 is 0 Å². The second-order valence-corrected chi connectivity index (χ2v) is 3.65. The van der Waals surface area contributed by atoms with Gasteiger partial charge in [0.15, 0.2) is 11.6 Å². The van der Waals surface area contributed by atoms with Gasteiger partial charge in [-0.25, -0.2) is 9.67 Å². The van der Waals surface area contributed by atoms with Crippen molar-refractivity contribution in [3.8, 4) is 11.9 Å². The molecule has 0 bridgehead atoms. The molecule has 2 N–H and O–H groups in total. The number of rotatable bonds is 1. The van der Waals surface area contributed by atoms with Crippen LogP contribution in [0.3, 0.4) is 0 Å². The smallest absolute Gasteiger partial charge is 0.171 e. The van der Waals surface area contributed by atoms with Gasteiger partial charge in [-0.15, -0.1) is 5.10 Å². The molecule has 2 heterocycles. The van der Waals surface area contributed by atoms with Gasteiger partial charge in [0.2, 0.25) is 0 Å². The molecule has 0 amide bonds. The van der Waals surface area contributed by atoms with E-state index in [0.717, 1.165) is 5.56 Å². The summed E-state index contributed by atoms with van der Waals surface area (Å²) in [5.41, 5.74) is 6.82. The number of nitrogens with two attached hydrogens (primary N) is 1. The third kappa shape index (κ3) is 1.59. The van der Waals surface area contributed by atoms with Gasteiger partial charge in [-0.1, -0.05) is 11.6 Å². The molecule has 0 aliphatic heterocycles. The minimum absolute atomic E-state index is 0.217. The van der Waals surface area contributed by atoms with E-state index in [2.05, 4.69) is 16.2 Å². The molecule has 0 saturated carbocycles. The fourth-order valence-electron chi connectivity index (χ4n) is 1.33. The van der Waals surface area contributed by atoms with Gasteiger partial charge in [0, 0.05) is 6.20 Å². The number of hydrogen-bond donors (Lipinski definition) is 1. The van der Waals surface area contributed by atoms with E-state index in [4.69, 9.17) is 22.6 Å². The van der Waals surface area contributed by atoms with E-state index in [1.165, 1.54) is 10.9 Å². The van der Waals surface area contributed by atoms with Crippen LogP contribution in [-0.4, -0.2) is 14.8 Å². The van der Waals surface area contributed by atoms with Crippen molar-refractivity contribution in [2.24, 2.45) is 0 Å². The number of nitrogen functional groups attached to an aromatic ring is 1. The zero-order valence-corrected chi connectivity index (χ0v) is 9.23. The minimum Gasteiger partial charge on any atom is -0.381 e. The van der Waals surface area contributed by atoms with Crippen LogP contribution in [0.25, 0.3) is 5.82 Å². The lowest BCUT2D eigenvalue weighted by Gasteiger charge is -2.04. The molecule has 0 aliphatic carbocycles. The monoisotopic (exact) mass is 233 g/mol. The Hall–Kier alpha value is -2.06. The maximum Gasteiger partial charge on any atom is 0.171 e. The van der Waals surface area contributed by atoms with Crippen molar-refractivity contribution in [1.29, 1.82) is 5.26 Å². The number of nitrogens with zero attached hydrogens (tertiary/aromatic N) is 4. The van der Waals surface area contributed by atoms with Gasteiger partial charge >= 0.3 is 0 Å². The molecule has 0 aliphatic rings. The fraction of sp³-hybridized carbons (Fsp3) is 0.100. The van der Waals surface area contributed by atoms with Gasteiger partial charge in [-0.05, 0) is 18.6 Å². The van der Waals surface area contributed by atoms with Crippen molar-refractivity contribution in [2.45, 2.75) is 6.92 Å². The summed E-state index contributed by atoms with van der Waals surface area (Å²) in [5, 5.41) is 13.4. The maximum atomic E-state index is 9.04. The van der Waals surface area contributed by atoms with Crippen LogP contribution < -0.4 is 5.73 Å². The molecule has 2 aromatic rings. The summed E-state index contributed by atoms with van der Waals surface area (Å²) in [6, 6.07) is 3.84. The molecule has 6 heteroatoms. The first-order valence-electron chi connectivity index (χ1n) is 4.50. The highest BCUT2D eigenvalue weighted by molar-refractivity contribution is 6.32. The Labute approximate surface area is 97.1 Å². The van der Waals surface area contributed by atoms with Gasteiger partial charge < -0.3 is 5.73 Å². The van der Waals surface area contributed by atoms with Crippen LogP contribution in [-0.2, 0) is 0 Å². The summed E-state index contributed by atoms with van der Waals surface area (Å²) in [7, 11) is 0. The lowest BCUT2D eigenvalue weighted by Crippen LogP contribution is -2.03. The second-order valence-electron chi connectivity index (χ2n) is 3.25. The highest BCUT2D eigenvalue weighted by atomic mass is 35.5. The van der Waals surface area contributed by atoms with Crippen molar-refractivity contribution in [3.63, 3.8) is 0 Å². The quantitative estimate of drug-likeness (QED) is 0.813. The first-order chi connectivity index (χ1) is 7.63. The summed E-state index contributed by atoms with van der Waals surface area (Å²) >= 11 is 5.80. The SMILES string of the molecule is Cc1ccnc(-n2cc(Cl)c(N)n2)c1C#N. The van der Waals surface area contributed by atoms with E-state index in [1.54, 1.807) is 12.3 Å². The van der Waals surface area contributed by atoms with Gasteiger partial charge in [0.1, 0.15) is 11.1 Å². The molecule has 0 atom stereocenters. The molecular formula is C10H8ClN5. The normalized spacial score (nSPS) is 10.1. The van der Waals surface area contributed by atoms with Crippen LogP contribution in [0.4, 0.5) is 5.82 Å². The summed E-state index contributed by atoms with van der Waals surface area (Å²) in [6.45, 7) is 1.83. The van der Waals surface area contributed by atoms with Gasteiger partial charge in [-0.3, -0.25) is 0 Å². The van der Waals surface area contributed by atoms with Crippen LogP contribution in [0.1, 0.15) is 11.1 Å². The van der Waals surface area contributed by atoms with E-state index in [9.17, 15) is 0 Å². The van der Waals surface area contributed by atoms with Crippen molar-refractivity contribution in [1.82, 2.24) is 14.8 Å². The lowest BCUT2D eigenvalue weighted by atomic mass is 10.1. The van der Waals surface area contributed by atoms with Gasteiger partial charge in [0.25, 0.3) is 0 Å². The van der Waals surface area contributed by atoms with E-state index >= 15 is 0 Å². The molecule has 0 fully saturated rings. The largest absolute Gasteiger partial charge is 0.381 e. The van der Waals surface area contributed by atoms with E-state index < -0.39 is 0 Å². The van der Waals surface area contributed by atoms with Gasteiger partial charge in [0.05, 0.1) is 11.8 Å². The van der Waals surface area contributed by atoms with E-state index in [-0.39, 0.29) is 5.82 Å². The Morgan fingerprint density at radius 1 is 1.56 bits per heavy atom. The number of aromatic nitrogens is 3. The third-order valence-corrected chi connectivity index (χ3v) is 2.46. The number of aryl methyl sites for hydroxylation is 1. The van der Waals surface area contributed by atoms with Crippen molar-refractivity contribution in [3.05, 3.63) is 34.6 Å². The maximum absolute atomic E-state index is 9.04. The first-order valence-corrected chi connectivity index (χ1v) is 4.88. The highest BCUT2D eigenvalue weighted by Crippen LogP contribution is 2.20. The average molecular weight is 234 g/mol. The number of pyridine rings is 1. The Morgan fingerprint density at radius 3 is 2.88 bits per heavy atom.